The first-order valence-corrected chi connectivity index (χ1v) is 12.7. The van der Waals surface area contributed by atoms with Gasteiger partial charge in [0.25, 0.3) is 0 Å². The molecule has 1 N–H and O–H groups in total. The maximum absolute atomic E-state index is 13.4. The number of fused-ring (bicyclic) bond motifs is 1. The highest BCUT2D eigenvalue weighted by Crippen LogP contribution is 2.22. The zero-order valence-electron chi connectivity index (χ0n) is 17.5. The van der Waals surface area contributed by atoms with Gasteiger partial charge in [-0.25, -0.2) is 13.1 Å². The third kappa shape index (κ3) is 5.70. The summed E-state index contributed by atoms with van der Waals surface area (Å²) in [5.74, 6) is 0. The van der Waals surface area contributed by atoms with E-state index in [-0.39, 0.29) is 10.9 Å². The van der Waals surface area contributed by atoms with E-state index >= 15 is 0 Å². The van der Waals surface area contributed by atoms with Gasteiger partial charge in [-0.3, -0.25) is 9.88 Å². The van der Waals surface area contributed by atoms with Crippen molar-refractivity contribution < 1.29 is 8.42 Å². The Balaban J connectivity index is 1.59. The molecule has 1 aliphatic heterocycles. The van der Waals surface area contributed by atoms with E-state index < -0.39 is 10.0 Å². The van der Waals surface area contributed by atoms with E-state index in [0.717, 1.165) is 41.6 Å². The topological polar surface area (TPSA) is 65.5 Å². The fourth-order valence-electron chi connectivity index (χ4n) is 3.98. The quantitative estimate of drug-likeness (QED) is 0.537. The minimum atomic E-state index is -3.73. The molecule has 8 heteroatoms. The molecule has 6 nitrogen and oxygen atoms in total. The van der Waals surface area contributed by atoms with Crippen molar-refractivity contribution in [3.8, 4) is 0 Å². The monoisotopic (exact) mass is 502 g/mol. The van der Waals surface area contributed by atoms with Crippen LogP contribution in [0.2, 0.25) is 0 Å². The Labute approximate surface area is 192 Å². The van der Waals surface area contributed by atoms with Crippen LogP contribution in [-0.4, -0.2) is 69.0 Å². The average molecular weight is 503 g/mol. The van der Waals surface area contributed by atoms with Crippen molar-refractivity contribution in [2.75, 3.05) is 39.8 Å². The van der Waals surface area contributed by atoms with Crippen molar-refractivity contribution in [3.05, 3.63) is 71.0 Å². The molecule has 3 aromatic rings. The van der Waals surface area contributed by atoms with Crippen molar-refractivity contribution in [3.63, 3.8) is 0 Å². The number of sulfonamides is 1. The second kappa shape index (κ2) is 9.75. The van der Waals surface area contributed by atoms with E-state index in [4.69, 9.17) is 0 Å². The largest absolute Gasteiger partial charge is 0.304 e. The summed E-state index contributed by atoms with van der Waals surface area (Å²) in [5.41, 5.74) is 1.10. The van der Waals surface area contributed by atoms with Crippen LogP contribution >= 0.6 is 15.9 Å². The summed E-state index contributed by atoms with van der Waals surface area (Å²) < 4.78 is 30.8. The molecule has 1 fully saturated rings. The zero-order valence-corrected chi connectivity index (χ0v) is 19.9. The van der Waals surface area contributed by atoms with Gasteiger partial charge in [0.2, 0.25) is 10.0 Å². The molecule has 1 aliphatic rings. The molecular formula is C23H27BrN4O2S. The molecule has 0 radical (unpaired) electrons. The van der Waals surface area contributed by atoms with Gasteiger partial charge in [0, 0.05) is 66.4 Å². The van der Waals surface area contributed by atoms with Gasteiger partial charge in [-0.05, 0) is 31.2 Å². The van der Waals surface area contributed by atoms with E-state index in [1.807, 2.05) is 48.5 Å². The first-order valence-electron chi connectivity index (χ1n) is 10.4. The van der Waals surface area contributed by atoms with E-state index in [1.54, 1.807) is 6.20 Å². The number of piperazine rings is 1. The van der Waals surface area contributed by atoms with Crippen LogP contribution in [0.5, 0.6) is 0 Å². The summed E-state index contributed by atoms with van der Waals surface area (Å²) in [5, 5.41) is 1.50. The average Bonchev–Trinajstić information content (AvgIpc) is 2.76. The predicted octanol–water partition coefficient (Wildman–Crippen LogP) is 3.13. The summed E-state index contributed by atoms with van der Waals surface area (Å²) in [4.78, 5) is 9.03. The number of nitrogens with zero attached hydrogens (tertiary/aromatic N) is 3. The Morgan fingerprint density at radius 2 is 1.74 bits per heavy atom. The minimum absolute atomic E-state index is 0.227. The highest BCUT2D eigenvalue weighted by atomic mass is 79.9. The molecule has 0 amide bonds. The molecule has 0 unspecified atom stereocenters. The van der Waals surface area contributed by atoms with Crippen LogP contribution in [-0.2, 0) is 16.4 Å². The van der Waals surface area contributed by atoms with Crippen LogP contribution in [0.25, 0.3) is 10.8 Å². The Morgan fingerprint density at radius 3 is 2.48 bits per heavy atom. The number of likely N-dealkylation sites (N-methyl/N-ethyl adjacent to an activating group) is 1. The molecule has 4 rings (SSSR count). The van der Waals surface area contributed by atoms with E-state index in [9.17, 15) is 8.42 Å². The number of pyridine rings is 1. The number of hydrogen-bond acceptors (Lipinski definition) is 5. The van der Waals surface area contributed by atoms with Crippen LogP contribution in [0.4, 0.5) is 0 Å². The fourth-order valence-corrected chi connectivity index (χ4v) is 5.64. The van der Waals surface area contributed by atoms with Gasteiger partial charge in [-0.2, -0.15) is 0 Å². The van der Waals surface area contributed by atoms with Crippen molar-refractivity contribution in [2.24, 2.45) is 0 Å². The molecule has 0 spiro atoms. The molecule has 2 heterocycles. The first kappa shape index (κ1) is 22.4. The van der Waals surface area contributed by atoms with Gasteiger partial charge >= 0.3 is 0 Å². The lowest BCUT2D eigenvalue weighted by Crippen LogP contribution is -2.51. The predicted molar refractivity (Wildman–Crippen MR) is 128 cm³/mol. The van der Waals surface area contributed by atoms with Gasteiger partial charge in [-0.1, -0.05) is 52.3 Å². The number of benzene rings is 2. The molecule has 164 valence electrons. The highest BCUT2D eigenvalue weighted by Gasteiger charge is 2.25. The summed E-state index contributed by atoms with van der Waals surface area (Å²) in [6.07, 6.45) is 3.76. The molecule has 1 saturated heterocycles. The summed E-state index contributed by atoms with van der Waals surface area (Å²) in [6.45, 7) is 4.52. The number of halogens is 1. The summed E-state index contributed by atoms with van der Waals surface area (Å²) in [6, 6.07) is 15.3. The smallest absolute Gasteiger partial charge is 0.243 e. The van der Waals surface area contributed by atoms with Crippen LogP contribution in [0.15, 0.2) is 70.3 Å². The minimum Gasteiger partial charge on any atom is -0.304 e. The van der Waals surface area contributed by atoms with Gasteiger partial charge in [0.05, 0.1) is 0 Å². The van der Waals surface area contributed by atoms with Crippen molar-refractivity contribution in [1.29, 1.82) is 0 Å². The fraction of sp³-hybridized carbons (Fsp3) is 0.348. The van der Waals surface area contributed by atoms with Crippen LogP contribution in [0.3, 0.4) is 0 Å². The first-order chi connectivity index (χ1) is 14.9. The maximum atomic E-state index is 13.4. The highest BCUT2D eigenvalue weighted by molar-refractivity contribution is 9.10. The van der Waals surface area contributed by atoms with Crippen LogP contribution < -0.4 is 4.72 Å². The Kier molecular flexibility index (Phi) is 7.03. The Bertz CT molecular complexity index is 1120. The SMILES string of the molecule is CN1CCN(C[C@@H](Cc2ccc(Br)cc2)NS(=O)(=O)c2cncc3ccccc23)CC1. The molecule has 2 aromatic carbocycles. The summed E-state index contributed by atoms with van der Waals surface area (Å²) >= 11 is 3.47. The van der Waals surface area contributed by atoms with Gasteiger partial charge in [0.15, 0.2) is 0 Å². The van der Waals surface area contributed by atoms with E-state index in [0.29, 0.717) is 18.4 Å². The molecule has 1 aromatic heterocycles. The molecular weight excluding hydrogens is 476 g/mol. The van der Waals surface area contributed by atoms with Crippen LogP contribution in [0.1, 0.15) is 5.56 Å². The summed E-state index contributed by atoms with van der Waals surface area (Å²) in [7, 11) is -1.62. The van der Waals surface area contributed by atoms with Crippen molar-refractivity contribution in [1.82, 2.24) is 19.5 Å². The molecule has 1 atom stereocenters. The number of nitrogens with one attached hydrogen (secondary N) is 1. The third-order valence-corrected chi connectivity index (χ3v) is 7.79. The maximum Gasteiger partial charge on any atom is 0.243 e. The number of hydrogen-bond donors (Lipinski definition) is 1. The lowest BCUT2D eigenvalue weighted by atomic mass is 10.1. The molecule has 31 heavy (non-hydrogen) atoms. The second-order valence-corrected chi connectivity index (χ2v) is 10.7. The zero-order chi connectivity index (χ0) is 21.8. The lowest BCUT2D eigenvalue weighted by Gasteiger charge is -2.34. The van der Waals surface area contributed by atoms with E-state index in [2.05, 4.69) is 42.5 Å². The number of rotatable bonds is 7. The standard InChI is InChI=1S/C23H27BrN4O2S/c1-27-10-12-28(13-11-27)17-21(14-18-6-8-20(24)9-7-18)26-31(29,30)23-16-25-15-19-4-2-3-5-22(19)23/h2-9,15-16,21,26H,10-14,17H2,1H3/t21-/m1/s1. The molecule has 0 saturated carbocycles. The van der Waals surface area contributed by atoms with Crippen molar-refractivity contribution in [2.45, 2.75) is 17.4 Å². The normalized spacial score (nSPS) is 17.1. The Morgan fingerprint density at radius 1 is 1.03 bits per heavy atom. The van der Waals surface area contributed by atoms with Gasteiger partial charge < -0.3 is 4.90 Å². The molecule has 0 aliphatic carbocycles. The van der Waals surface area contributed by atoms with Crippen molar-refractivity contribution >= 4 is 36.7 Å². The van der Waals surface area contributed by atoms with E-state index in [1.165, 1.54) is 6.20 Å². The molecule has 0 bridgehead atoms. The lowest BCUT2D eigenvalue weighted by molar-refractivity contribution is 0.145. The third-order valence-electron chi connectivity index (χ3n) is 5.71. The van der Waals surface area contributed by atoms with Gasteiger partial charge in [0.1, 0.15) is 4.90 Å². The Hall–Kier alpha value is -1.84. The second-order valence-electron chi connectivity index (χ2n) is 8.11. The number of aromatic nitrogens is 1. The van der Waals surface area contributed by atoms with Gasteiger partial charge in [-0.15, -0.1) is 0 Å². The van der Waals surface area contributed by atoms with Crippen LogP contribution in [0, 0.1) is 0 Å².